The number of rotatable bonds is 0. The van der Waals surface area contributed by atoms with E-state index >= 15 is 0 Å². The van der Waals surface area contributed by atoms with Crippen LogP contribution in [-0.2, 0) is 0 Å². The first-order chi connectivity index (χ1) is 8.61. The normalized spacial score (nSPS) is 8.67. The van der Waals surface area contributed by atoms with E-state index in [1.165, 1.54) is 3.57 Å². The summed E-state index contributed by atoms with van der Waals surface area (Å²) in [4.78, 5) is 0. The molecule has 0 radical (unpaired) electrons. The monoisotopic (exact) mass is 476 g/mol. The molecular formula is C15H11Br2I. The van der Waals surface area contributed by atoms with E-state index in [1.807, 2.05) is 43.3 Å². The lowest BCUT2D eigenvalue weighted by Gasteiger charge is -1.89. The van der Waals surface area contributed by atoms with Gasteiger partial charge in [-0.2, -0.15) is 0 Å². The summed E-state index contributed by atoms with van der Waals surface area (Å²) in [6.07, 6.45) is 0. The molecule has 18 heavy (non-hydrogen) atoms. The first kappa shape index (κ1) is 15.7. The van der Waals surface area contributed by atoms with Crippen LogP contribution in [0.1, 0.15) is 12.5 Å². The Kier molecular flexibility index (Phi) is 7.64. The minimum absolute atomic E-state index is 1.05. The zero-order chi connectivity index (χ0) is 13.4. The van der Waals surface area contributed by atoms with E-state index in [4.69, 9.17) is 0 Å². The Hall–Kier alpha value is -0.310. The van der Waals surface area contributed by atoms with Gasteiger partial charge in [0.15, 0.2) is 0 Å². The molecule has 2 aromatic carbocycles. The van der Waals surface area contributed by atoms with E-state index in [0.717, 1.165) is 14.5 Å². The Balaban J connectivity index is 0.000000184. The standard InChI is InChI=1S/C9H7Br.C6H4BrI/c1-2-4-8-5-3-6-9(10)7-8;7-5-2-1-3-6(8)4-5/h3,5-7H,1H3;1-4H. The van der Waals surface area contributed by atoms with E-state index in [2.05, 4.69) is 78.4 Å². The molecule has 0 amide bonds. The van der Waals surface area contributed by atoms with Crippen LogP contribution in [0, 0.1) is 15.4 Å². The lowest BCUT2D eigenvalue weighted by molar-refractivity contribution is 1.60. The van der Waals surface area contributed by atoms with E-state index in [9.17, 15) is 0 Å². The van der Waals surface area contributed by atoms with Gasteiger partial charge in [-0.1, -0.05) is 49.9 Å². The summed E-state index contributed by atoms with van der Waals surface area (Å²) in [5.74, 6) is 5.81. The Bertz CT molecular complexity index is 551. The molecule has 3 heteroatoms. The Morgan fingerprint density at radius 3 is 2.00 bits per heavy atom. The average Bonchev–Trinajstić information content (AvgIpc) is 2.30. The predicted octanol–water partition coefficient (Wildman–Crippen LogP) is 5.87. The van der Waals surface area contributed by atoms with E-state index in [0.29, 0.717) is 0 Å². The zero-order valence-corrected chi connectivity index (χ0v) is 15.1. The van der Waals surface area contributed by atoms with Gasteiger partial charge in [0, 0.05) is 18.1 Å². The second-order valence-corrected chi connectivity index (χ2v) is 6.40. The van der Waals surface area contributed by atoms with Crippen molar-refractivity contribution in [3.63, 3.8) is 0 Å². The highest BCUT2D eigenvalue weighted by Gasteiger charge is 1.86. The molecule has 0 aliphatic heterocycles. The smallest absolute Gasteiger partial charge is 0.0256 e. The second kappa shape index (κ2) is 8.73. The topological polar surface area (TPSA) is 0 Å². The van der Waals surface area contributed by atoms with Crippen LogP contribution in [0.4, 0.5) is 0 Å². The average molecular weight is 478 g/mol. The van der Waals surface area contributed by atoms with Gasteiger partial charge < -0.3 is 0 Å². The van der Waals surface area contributed by atoms with Crippen molar-refractivity contribution in [2.75, 3.05) is 0 Å². The van der Waals surface area contributed by atoms with Gasteiger partial charge in [-0.25, -0.2) is 0 Å². The molecule has 2 aromatic rings. The highest BCUT2D eigenvalue weighted by molar-refractivity contribution is 14.1. The van der Waals surface area contributed by atoms with Crippen LogP contribution in [0.2, 0.25) is 0 Å². The highest BCUT2D eigenvalue weighted by Crippen LogP contribution is 2.12. The molecule has 0 bridgehead atoms. The molecule has 2 rings (SSSR count). The molecule has 0 aliphatic carbocycles. The van der Waals surface area contributed by atoms with Gasteiger partial charge in [0.25, 0.3) is 0 Å². The van der Waals surface area contributed by atoms with Crippen molar-refractivity contribution in [1.29, 1.82) is 0 Å². The molecule has 92 valence electrons. The number of hydrogen-bond donors (Lipinski definition) is 0. The summed E-state index contributed by atoms with van der Waals surface area (Å²) < 4.78 is 3.48. The SMILES string of the molecule is Brc1cccc(I)c1.CC#Cc1cccc(Br)c1. The van der Waals surface area contributed by atoms with Gasteiger partial charge in [-0.15, -0.1) is 5.92 Å². The molecule has 0 heterocycles. The van der Waals surface area contributed by atoms with Crippen molar-refractivity contribution in [2.24, 2.45) is 0 Å². The molecule has 0 atom stereocenters. The van der Waals surface area contributed by atoms with Crippen molar-refractivity contribution >= 4 is 54.5 Å². The lowest BCUT2D eigenvalue weighted by atomic mass is 10.2. The third kappa shape index (κ3) is 6.58. The van der Waals surface area contributed by atoms with Gasteiger partial charge >= 0.3 is 0 Å². The van der Waals surface area contributed by atoms with Crippen LogP contribution in [0.3, 0.4) is 0 Å². The van der Waals surface area contributed by atoms with Gasteiger partial charge in [0.1, 0.15) is 0 Å². The Morgan fingerprint density at radius 2 is 1.56 bits per heavy atom. The van der Waals surface area contributed by atoms with Crippen molar-refractivity contribution in [1.82, 2.24) is 0 Å². The minimum Gasteiger partial charge on any atom is -0.101 e. The third-order valence-corrected chi connectivity index (χ3v) is 3.54. The first-order valence-corrected chi connectivity index (χ1v) is 7.87. The van der Waals surface area contributed by atoms with Crippen LogP contribution >= 0.6 is 54.5 Å². The van der Waals surface area contributed by atoms with Crippen molar-refractivity contribution in [2.45, 2.75) is 6.92 Å². The molecule has 0 aliphatic rings. The van der Waals surface area contributed by atoms with Crippen LogP contribution in [0.15, 0.2) is 57.5 Å². The molecule has 0 fully saturated rings. The quantitative estimate of drug-likeness (QED) is 0.328. The fraction of sp³-hybridized carbons (Fsp3) is 0.0667. The van der Waals surface area contributed by atoms with Crippen LogP contribution in [-0.4, -0.2) is 0 Å². The van der Waals surface area contributed by atoms with Crippen molar-refractivity contribution in [3.8, 4) is 11.8 Å². The fourth-order valence-electron chi connectivity index (χ4n) is 1.17. The second-order valence-electron chi connectivity index (χ2n) is 3.33. The van der Waals surface area contributed by atoms with E-state index in [-0.39, 0.29) is 0 Å². The maximum Gasteiger partial charge on any atom is 0.0256 e. The van der Waals surface area contributed by atoms with Crippen LogP contribution in [0.25, 0.3) is 0 Å². The molecule has 0 saturated carbocycles. The summed E-state index contributed by atoms with van der Waals surface area (Å²) >= 11 is 9.00. The molecule has 0 nitrogen and oxygen atoms in total. The Morgan fingerprint density at radius 1 is 0.944 bits per heavy atom. The summed E-state index contributed by atoms with van der Waals surface area (Å²) in [7, 11) is 0. The summed E-state index contributed by atoms with van der Waals surface area (Å²) in [6.45, 7) is 1.83. The third-order valence-electron chi connectivity index (χ3n) is 1.88. The molecule has 0 spiro atoms. The highest BCUT2D eigenvalue weighted by atomic mass is 127. The van der Waals surface area contributed by atoms with Gasteiger partial charge in [-0.3, -0.25) is 0 Å². The molecular weight excluding hydrogens is 467 g/mol. The molecule has 0 saturated heterocycles. The van der Waals surface area contributed by atoms with Gasteiger partial charge in [0.2, 0.25) is 0 Å². The number of benzene rings is 2. The fourth-order valence-corrected chi connectivity index (χ4v) is 2.94. The van der Waals surface area contributed by atoms with E-state index in [1.54, 1.807) is 0 Å². The minimum atomic E-state index is 1.05. The maximum absolute atomic E-state index is 3.36. The van der Waals surface area contributed by atoms with Gasteiger partial charge in [0.05, 0.1) is 0 Å². The summed E-state index contributed by atoms with van der Waals surface area (Å²) in [5.41, 5.74) is 1.05. The number of halogens is 3. The molecule has 0 aromatic heterocycles. The lowest BCUT2D eigenvalue weighted by Crippen LogP contribution is -1.71. The predicted molar refractivity (Wildman–Crippen MR) is 93.6 cm³/mol. The summed E-state index contributed by atoms with van der Waals surface area (Å²) in [5, 5.41) is 0. The first-order valence-electron chi connectivity index (χ1n) is 5.21. The molecule has 0 N–H and O–H groups in total. The van der Waals surface area contributed by atoms with Crippen LogP contribution < -0.4 is 0 Å². The van der Waals surface area contributed by atoms with Gasteiger partial charge in [-0.05, 0) is 65.9 Å². The van der Waals surface area contributed by atoms with Crippen molar-refractivity contribution < 1.29 is 0 Å². The van der Waals surface area contributed by atoms with Crippen LogP contribution in [0.5, 0.6) is 0 Å². The maximum atomic E-state index is 3.36. The largest absolute Gasteiger partial charge is 0.101 e. The zero-order valence-electron chi connectivity index (χ0n) is 9.75. The number of hydrogen-bond acceptors (Lipinski definition) is 0. The van der Waals surface area contributed by atoms with Crippen molar-refractivity contribution in [3.05, 3.63) is 66.6 Å². The van der Waals surface area contributed by atoms with E-state index < -0.39 is 0 Å². The Labute approximate surface area is 139 Å². The summed E-state index contributed by atoms with van der Waals surface area (Å²) in [6, 6.07) is 16.1. The molecule has 0 unspecified atom stereocenters.